The van der Waals surface area contributed by atoms with Crippen LogP contribution in [0, 0.1) is 11.3 Å². The molecular formula is C14H8BrN5O2. The lowest BCUT2D eigenvalue weighted by atomic mass is 10.3. The van der Waals surface area contributed by atoms with Crippen LogP contribution in [-0.2, 0) is 0 Å². The summed E-state index contributed by atoms with van der Waals surface area (Å²) in [6, 6.07) is 6.91. The van der Waals surface area contributed by atoms with Crippen molar-refractivity contribution in [3.63, 3.8) is 0 Å². The average Bonchev–Trinajstić information content (AvgIpc) is 3.16. The number of rotatable bonds is 3. The highest BCUT2D eigenvalue weighted by Gasteiger charge is 2.14. The zero-order valence-corrected chi connectivity index (χ0v) is 12.6. The van der Waals surface area contributed by atoms with Crippen LogP contribution in [0.25, 0.3) is 5.82 Å². The Morgan fingerprint density at radius 1 is 1.45 bits per heavy atom. The summed E-state index contributed by atoms with van der Waals surface area (Å²) >= 11 is 3.15. The maximum absolute atomic E-state index is 12.1. The summed E-state index contributed by atoms with van der Waals surface area (Å²) in [5.41, 5.74) is 1.25. The summed E-state index contributed by atoms with van der Waals surface area (Å²) < 4.78 is 6.80. The van der Waals surface area contributed by atoms with Crippen molar-refractivity contribution in [2.24, 2.45) is 0 Å². The molecule has 3 rings (SSSR count). The Hall–Kier alpha value is -2.92. The first-order valence-electron chi connectivity index (χ1n) is 6.13. The first-order valence-corrected chi connectivity index (χ1v) is 6.93. The van der Waals surface area contributed by atoms with Gasteiger partial charge in [0, 0.05) is 6.20 Å². The molecular weight excluding hydrogens is 350 g/mol. The Kier molecular flexibility index (Phi) is 3.72. The molecule has 1 N–H and O–H groups in total. The molecule has 108 valence electrons. The Morgan fingerprint density at radius 3 is 3.05 bits per heavy atom. The van der Waals surface area contributed by atoms with E-state index < -0.39 is 0 Å². The smallest absolute Gasteiger partial charge is 0.260 e. The van der Waals surface area contributed by atoms with Crippen molar-refractivity contribution < 1.29 is 9.21 Å². The maximum atomic E-state index is 12.1. The van der Waals surface area contributed by atoms with Crippen LogP contribution >= 0.6 is 15.9 Å². The Labute approximate surface area is 133 Å². The van der Waals surface area contributed by atoms with E-state index >= 15 is 0 Å². The second kappa shape index (κ2) is 5.83. The van der Waals surface area contributed by atoms with Gasteiger partial charge in [0.15, 0.2) is 10.5 Å². The third-order valence-electron chi connectivity index (χ3n) is 2.83. The van der Waals surface area contributed by atoms with E-state index in [9.17, 15) is 4.79 Å². The molecule has 3 aromatic rings. The summed E-state index contributed by atoms with van der Waals surface area (Å²) in [4.78, 5) is 16.2. The van der Waals surface area contributed by atoms with E-state index in [-0.39, 0.29) is 5.91 Å². The number of nitrogens with one attached hydrogen (secondary N) is 1. The highest BCUT2D eigenvalue weighted by molar-refractivity contribution is 9.10. The topological polar surface area (TPSA) is 96.7 Å². The van der Waals surface area contributed by atoms with E-state index in [0.29, 0.717) is 27.3 Å². The Morgan fingerprint density at radius 2 is 2.32 bits per heavy atom. The number of nitriles is 1. The number of carbonyl (C=O) groups is 1. The summed E-state index contributed by atoms with van der Waals surface area (Å²) in [7, 11) is 0. The van der Waals surface area contributed by atoms with E-state index in [1.54, 1.807) is 30.6 Å². The predicted octanol–water partition coefficient (Wildman–Crippen LogP) is 2.75. The minimum absolute atomic E-state index is 0.332. The van der Waals surface area contributed by atoms with Crippen LogP contribution in [0.4, 0.5) is 5.69 Å². The number of hydrogen-bond acceptors (Lipinski definition) is 5. The highest BCUT2D eigenvalue weighted by atomic mass is 79.9. The van der Waals surface area contributed by atoms with E-state index in [0.717, 1.165) is 0 Å². The van der Waals surface area contributed by atoms with Crippen LogP contribution in [0.15, 0.2) is 52.1 Å². The molecule has 3 heterocycles. The first kappa shape index (κ1) is 14.0. The number of furan rings is 1. The monoisotopic (exact) mass is 357 g/mol. The van der Waals surface area contributed by atoms with Gasteiger partial charge in [-0.2, -0.15) is 10.4 Å². The van der Waals surface area contributed by atoms with Crippen molar-refractivity contribution in [2.75, 3.05) is 5.32 Å². The fourth-order valence-corrected chi connectivity index (χ4v) is 2.24. The van der Waals surface area contributed by atoms with Gasteiger partial charge in [-0.3, -0.25) is 4.79 Å². The van der Waals surface area contributed by atoms with Crippen molar-refractivity contribution in [1.82, 2.24) is 14.8 Å². The molecule has 0 aromatic carbocycles. The van der Waals surface area contributed by atoms with Gasteiger partial charge in [0.1, 0.15) is 6.07 Å². The largest absolute Gasteiger partial charge is 0.457 e. The fourth-order valence-electron chi connectivity index (χ4n) is 1.82. The molecule has 0 fully saturated rings. The summed E-state index contributed by atoms with van der Waals surface area (Å²) in [6.45, 7) is 0. The summed E-state index contributed by atoms with van der Waals surface area (Å²) in [6.07, 6.45) is 6.03. The molecule has 1 amide bonds. The van der Waals surface area contributed by atoms with Crippen molar-refractivity contribution in [2.45, 2.75) is 0 Å². The van der Waals surface area contributed by atoms with Crippen LogP contribution in [0.3, 0.4) is 0 Å². The Bertz CT molecular complexity index is 877. The van der Waals surface area contributed by atoms with Crippen LogP contribution in [-0.4, -0.2) is 20.7 Å². The summed E-state index contributed by atoms with van der Waals surface area (Å²) in [5.74, 6) is 0.0664. The van der Waals surface area contributed by atoms with Gasteiger partial charge < -0.3 is 9.73 Å². The van der Waals surface area contributed by atoms with Gasteiger partial charge in [0.2, 0.25) is 0 Å². The van der Waals surface area contributed by atoms with Crippen LogP contribution in [0.2, 0.25) is 0 Å². The number of halogens is 1. The van der Waals surface area contributed by atoms with Crippen molar-refractivity contribution in [3.8, 4) is 11.9 Å². The lowest BCUT2D eigenvalue weighted by Crippen LogP contribution is -2.11. The zero-order valence-electron chi connectivity index (χ0n) is 11.0. The highest BCUT2D eigenvalue weighted by Crippen LogP contribution is 2.19. The molecule has 0 aliphatic carbocycles. The van der Waals surface area contributed by atoms with Gasteiger partial charge in [0.05, 0.1) is 35.5 Å². The van der Waals surface area contributed by atoms with Crippen LogP contribution < -0.4 is 5.32 Å². The van der Waals surface area contributed by atoms with Crippen molar-refractivity contribution >= 4 is 27.5 Å². The molecule has 0 unspecified atom stereocenters. The second-order valence-corrected chi connectivity index (χ2v) is 4.94. The number of aromatic nitrogens is 3. The standard InChI is InChI=1S/C14H8BrN5O2/c15-12-11(3-5-22-12)14(21)19-10-7-18-20(8-10)13-9(6-16)2-1-4-17-13/h1-5,7-8H,(H,19,21). The van der Waals surface area contributed by atoms with E-state index in [1.807, 2.05) is 6.07 Å². The SMILES string of the molecule is N#Cc1cccnc1-n1cc(NC(=O)c2ccoc2Br)cn1. The lowest BCUT2D eigenvalue weighted by Gasteiger charge is -2.02. The summed E-state index contributed by atoms with van der Waals surface area (Å²) in [5, 5.41) is 15.9. The van der Waals surface area contributed by atoms with Crippen molar-refractivity contribution in [3.05, 3.63) is 58.8 Å². The lowest BCUT2D eigenvalue weighted by molar-refractivity contribution is 0.102. The van der Waals surface area contributed by atoms with Gasteiger partial charge in [-0.1, -0.05) is 0 Å². The van der Waals surface area contributed by atoms with Crippen molar-refractivity contribution in [1.29, 1.82) is 5.26 Å². The fraction of sp³-hybridized carbons (Fsp3) is 0. The van der Waals surface area contributed by atoms with Gasteiger partial charge in [-0.25, -0.2) is 9.67 Å². The minimum Gasteiger partial charge on any atom is -0.457 e. The van der Waals surface area contributed by atoms with Crippen LogP contribution in [0.1, 0.15) is 15.9 Å². The molecule has 0 saturated carbocycles. The van der Waals surface area contributed by atoms with E-state index in [2.05, 4.69) is 31.3 Å². The predicted molar refractivity (Wildman–Crippen MR) is 80.4 cm³/mol. The average molecular weight is 358 g/mol. The minimum atomic E-state index is -0.332. The molecule has 0 atom stereocenters. The van der Waals surface area contributed by atoms with Gasteiger partial charge in [-0.05, 0) is 34.1 Å². The molecule has 0 aliphatic heterocycles. The third kappa shape index (κ3) is 2.62. The quantitative estimate of drug-likeness (QED) is 0.777. The third-order valence-corrected chi connectivity index (χ3v) is 3.44. The maximum Gasteiger partial charge on any atom is 0.260 e. The Balaban J connectivity index is 1.84. The zero-order chi connectivity index (χ0) is 15.5. The molecule has 7 nitrogen and oxygen atoms in total. The van der Waals surface area contributed by atoms with Crippen LogP contribution in [0.5, 0.6) is 0 Å². The number of pyridine rings is 1. The number of amides is 1. The first-order chi connectivity index (χ1) is 10.7. The number of carbonyl (C=O) groups excluding carboxylic acids is 1. The molecule has 22 heavy (non-hydrogen) atoms. The normalized spacial score (nSPS) is 10.2. The number of hydrogen-bond donors (Lipinski definition) is 1. The molecule has 3 aromatic heterocycles. The molecule has 0 aliphatic rings. The number of nitrogens with zero attached hydrogens (tertiary/aromatic N) is 4. The van der Waals surface area contributed by atoms with E-state index in [4.69, 9.17) is 9.68 Å². The van der Waals surface area contributed by atoms with Gasteiger partial charge >= 0.3 is 0 Å². The van der Waals surface area contributed by atoms with Gasteiger partial charge in [0.25, 0.3) is 5.91 Å². The molecule has 0 bridgehead atoms. The second-order valence-electron chi connectivity index (χ2n) is 4.22. The molecule has 0 radical (unpaired) electrons. The van der Waals surface area contributed by atoms with Gasteiger partial charge in [-0.15, -0.1) is 0 Å². The van der Waals surface area contributed by atoms with E-state index in [1.165, 1.54) is 17.1 Å². The molecule has 8 heteroatoms. The molecule has 0 spiro atoms. The molecule has 0 saturated heterocycles. The number of anilines is 1.